The Morgan fingerprint density at radius 3 is 2.55 bits per heavy atom. The van der Waals surface area contributed by atoms with Crippen LogP contribution in [0.4, 0.5) is 5.69 Å². The van der Waals surface area contributed by atoms with Gasteiger partial charge in [-0.3, -0.25) is 19.7 Å². The fourth-order valence-corrected chi connectivity index (χ4v) is 3.59. The van der Waals surface area contributed by atoms with Crippen LogP contribution in [0.2, 0.25) is 0 Å². The summed E-state index contributed by atoms with van der Waals surface area (Å²) in [5, 5.41) is 5.25. The van der Waals surface area contributed by atoms with Crippen molar-refractivity contribution in [3.63, 3.8) is 0 Å². The number of carbonyl (C=O) groups excluding carboxylic acids is 3. The molecule has 6 nitrogen and oxygen atoms in total. The standard InChI is InChI=1S/C23H24N2O4/c1-3-23(15-14-21(27)25-22(23)28)17-9-11-18(12-10-17)24-20(26)13-8-16-6-4-5-7-19(16)29-2/h4-13H,3,14-15H2,1-2H3,(H,24,26)(H,25,27,28). The number of piperidine rings is 1. The first-order valence-corrected chi connectivity index (χ1v) is 9.55. The highest BCUT2D eigenvalue weighted by atomic mass is 16.5. The van der Waals surface area contributed by atoms with E-state index in [-0.39, 0.29) is 17.7 Å². The normalized spacial score (nSPS) is 19.1. The fourth-order valence-electron chi connectivity index (χ4n) is 3.59. The van der Waals surface area contributed by atoms with Gasteiger partial charge in [0.15, 0.2) is 0 Å². The molecule has 0 aliphatic carbocycles. The topological polar surface area (TPSA) is 84.5 Å². The summed E-state index contributed by atoms with van der Waals surface area (Å²) in [4.78, 5) is 36.2. The molecule has 29 heavy (non-hydrogen) atoms. The van der Waals surface area contributed by atoms with Crippen molar-refractivity contribution in [2.75, 3.05) is 12.4 Å². The number of nitrogens with one attached hydrogen (secondary N) is 2. The minimum absolute atomic E-state index is 0.232. The molecular weight excluding hydrogens is 368 g/mol. The van der Waals surface area contributed by atoms with E-state index in [1.54, 1.807) is 25.3 Å². The zero-order valence-corrected chi connectivity index (χ0v) is 16.5. The SMILES string of the molecule is CCC1(c2ccc(NC(=O)C=Cc3ccccc3OC)cc2)CCC(=O)NC1=O. The molecule has 1 atom stereocenters. The van der Waals surface area contributed by atoms with Gasteiger partial charge in [0.2, 0.25) is 17.7 Å². The van der Waals surface area contributed by atoms with Crippen molar-refractivity contribution in [3.05, 3.63) is 65.7 Å². The summed E-state index contributed by atoms with van der Waals surface area (Å²) in [5.74, 6) is -0.0672. The van der Waals surface area contributed by atoms with Gasteiger partial charge in [0.05, 0.1) is 12.5 Å². The predicted octanol–water partition coefficient (Wildman–Crippen LogP) is 3.43. The fraction of sp³-hybridized carbons (Fsp3) is 0.261. The van der Waals surface area contributed by atoms with E-state index in [1.165, 1.54) is 6.08 Å². The lowest BCUT2D eigenvalue weighted by atomic mass is 9.72. The van der Waals surface area contributed by atoms with Crippen molar-refractivity contribution in [2.45, 2.75) is 31.6 Å². The Bertz CT molecular complexity index is 950. The zero-order valence-electron chi connectivity index (χ0n) is 16.5. The lowest BCUT2D eigenvalue weighted by Crippen LogP contribution is -2.51. The maximum atomic E-state index is 12.5. The van der Waals surface area contributed by atoms with E-state index in [0.717, 1.165) is 11.1 Å². The maximum absolute atomic E-state index is 12.5. The van der Waals surface area contributed by atoms with Crippen molar-refractivity contribution < 1.29 is 19.1 Å². The van der Waals surface area contributed by atoms with Crippen LogP contribution >= 0.6 is 0 Å². The lowest BCUT2D eigenvalue weighted by Gasteiger charge is -2.35. The third-order valence-corrected chi connectivity index (χ3v) is 5.33. The number of benzene rings is 2. The molecule has 2 aromatic carbocycles. The Hall–Kier alpha value is -3.41. The molecule has 0 saturated carbocycles. The van der Waals surface area contributed by atoms with E-state index >= 15 is 0 Å². The Morgan fingerprint density at radius 1 is 1.17 bits per heavy atom. The monoisotopic (exact) mass is 392 g/mol. The molecule has 1 fully saturated rings. The van der Waals surface area contributed by atoms with Gasteiger partial charge in [0, 0.05) is 23.7 Å². The second kappa shape index (κ2) is 8.73. The van der Waals surface area contributed by atoms with Crippen molar-refractivity contribution in [1.29, 1.82) is 0 Å². The van der Waals surface area contributed by atoms with Gasteiger partial charge in [-0.1, -0.05) is 37.3 Å². The zero-order chi connectivity index (χ0) is 20.9. The highest BCUT2D eigenvalue weighted by Gasteiger charge is 2.42. The van der Waals surface area contributed by atoms with Gasteiger partial charge in [-0.25, -0.2) is 0 Å². The van der Waals surface area contributed by atoms with Crippen LogP contribution in [0.25, 0.3) is 6.08 Å². The first kappa shape index (κ1) is 20.3. The summed E-state index contributed by atoms with van der Waals surface area (Å²) in [6.07, 6.45) is 4.55. The molecule has 150 valence electrons. The van der Waals surface area contributed by atoms with Crippen LogP contribution in [0, 0.1) is 0 Å². The molecule has 6 heteroatoms. The molecule has 2 aromatic rings. The second-order valence-corrected chi connectivity index (χ2v) is 6.95. The van der Waals surface area contributed by atoms with E-state index in [1.807, 2.05) is 43.3 Å². The highest BCUT2D eigenvalue weighted by molar-refractivity contribution is 6.04. The third kappa shape index (κ3) is 4.37. The highest BCUT2D eigenvalue weighted by Crippen LogP contribution is 2.36. The van der Waals surface area contributed by atoms with Crippen LogP contribution in [-0.4, -0.2) is 24.8 Å². The van der Waals surface area contributed by atoms with Crippen LogP contribution in [0.5, 0.6) is 5.75 Å². The second-order valence-electron chi connectivity index (χ2n) is 6.95. The van der Waals surface area contributed by atoms with Crippen LogP contribution in [-0.2, 0) is 19.8 Å². The molecule has 1 unspecified atom stereocenters. The number of ether oxygens (including phenoxy) is 1. The number of para-hydroxylation sites is 1. The molecule has 0 radical (unpaired) electrons. The third-order valence-electron chi connectivity index (χ3n) is 5.33. The predicted molar refractivity (Wildman–Crippen MR) is 111 cm³/mol. The van der Waals surface area contributed by atoms with Crippen molar-refractivity contribution in [1.82, 2.24) is 5.32 Å². The van der Waals surface area contributed by atoms with Crippen LogP contribution in [0.15, 0.2) is 54.6 Å². The van der Waals surface area contributed by atoms with E-state index in [4.69, 9.17) is 4.74 Å². The Balaban J connectivity index is 1.70. The molecule has 0 spiro atoms. The summed E-state index contributed by atoms with van der Waals surface area (Å²) in [6, 6.07) is 14.6. The lowest BCUT2D eigenvalue weighted by molar-refractivity contribution is -0.138. The Kier molecular flexibility index (Phi) is 6.12. The van der Waals surface area contributed by atoms with Crippen molar-refractivity contribution in [3.8, 4) is 5.75 Å². The summed E-state index contributed by atoms with van der Waals surface area (Å²) < 4.78 is 5.27. The Morgan fingerprint density at radius 2 is 1.90 bits per heavy atom. The molecule has 1 aliphatic heterocycles. The van der Waals surface area contributed by atoms with E-state index in [2.05, 4.69) is 10.6 Å². The number of carbonyl (C=O) groups is 3. The molecule has 1 heterocycles. The molecule has 3 rings (SSSR count). The quantitative estimate of drug-likeness (QED) is 0.583. The molecule has 3 amide bonds. The van der Waals surface area contributed by atoms with Gasteiger partial charge in [-0.2, -0.15) is 0 Å². The van der Waals surface area contributed by atoms with E-state index in [9.17, 15) is 14.4 Å². The van der Waals surface area contributed by atoms with Crippen LogP contribution in [0.3, 0.4) is 0 Å². The number of hydrogen-bond acceptors (Lipinski definition) is 4. The van der Waals surface area contributed by atoms with Gasteiger partial charge < -0.3 is 10.1 Å². The number of imide groups is 1. The van der Waals surface area contributed by atoms with E-state index < -0.39 is 5.41 Å². The van der Waals surface area contributed by atoms with Gasteiger partial charge in [-0.05, 0) is 42.7 Å². The summed E-state index contributed by atoms with van der Waals surface area (Å²) >= 11 is 0. The smallest absolute Gasteiger partial charge is 0.248 e. The summed E-state index contributed by atoms with van der Waals surface area (Å²) in [6.45, 7) is 1.94. The summed E-state index contributed by atoms with van der Waals surface area (Å²) in [7, 11) is 1.58. The number of methoxy groups -OCH3 is 1. The largest absolute Gasteiger partial charge is 0.496 e. The molecular formula is C23H24N2O4. The van der Waals surface area contributed by atoms with Crippen molar-refractivity contribution >= 4 is 29.5 Å². The number of anilines is 1. The first-order valence-electron chi connectivity index (χ1n) is 9.55. The molecule has 2 N–H and O–H groups in total. The van der Waals surface area contributed by atoms with Gasteiger partial charge >= 0.3 is 0 Å². The Labute approximate surface area is 170 Å². The average Bonchev–Trinajstić information content (AvgIpc) is 2.74. The first-order chi connectivity index (χ1) is 14.0. The van der Waals surface area contributed by atoms with Crippen LogP contribution < -0.4 is 15.4 Å². The van der Waals surface area contributed by atoms with Crippen molar-refractivity contribution in [2.24, 2.45) is 0 Å². The molecule has 1 saturated heterocycles. The van der Waals surface area contributed by atoms with Crippen LogP contribution in [0.1, 0.15) is 37.3 Å². The van der Waals surface area contributed by atoms with Gasteiger partial charge in [0.25, 0.3) is 0 Å². The number of hydrogen-bond donors (Lipinski definition) is 2. The molecule has 0 bridgehead atoms. The molecule has 0 aromatic heterocycles. The number of amides is 3. The summed E-state index contributed by atoms with van der Waals surface area (Å²) in [5.41, 5.74) is 1.57. The van der Waals surface area contributed by atoms with Gasteiger partial charge in [0.1, 0.15) is 5.75 Å². The van der Waals surface area contributed by atoms with Gasteiger partial charge in [-0.15, -0.1) is 0 Å². The van der Waals surface area contributed by atoms with E-state index in [0.29, 0.717) is 30.7 Å². The molecule has 1 aliphatic rings. The minimum atomic E-state index is -0.708. The maximum Gasteiger partial charge on any atom is 0.248 e. The average molecular weight is 392 g/mol. The minimum Gasteiger partial charge on any atom is -0.496 e. The number of rotatable bonds is 6.